The Kier molecular flexibility index (Phi) is 4.81. The highest BCUT2D eigenvalue weighted by Gasteiger charge is 2.13. The van der Waals surface area contributed by atoms with Gasteiger partial charge in [-0.15, -0.1) is 11.3 Å². The van der Waals surface area contributed by atoms with Gasteiger partial charge in [-0.25, -0.2) is 0 Å². The Morgan fingerprint density at radius 2 is 1.67 bits per heavy atom. The summed E-state index contributed by atoms with van der Waals surface area (Å²) in [5.41, 5.74) is 4.08. The first kappa shape index (κ1) is 14.0. The summed E-state index contributed by atoms with van der Waals surface area (Å²) in [5, 5.41) is 5.64. The standard InChI is InChI=1S/C15H18INS/c1-10(2)11-4-6-12(7-5-11)15(17-3)13-8-14(16)18-9-13/h4-10,15,17H,1-3H3. The fourth-order valence-electron chi connectivity index (χ4n) is 2.07. The monoisotopic (exact) mass is 371 g/mol. The van der Waals surface area contributed by atoms with Crippen LogP contribution in [0.1, 0.15) is 42.5 Å². The fraction of sp³-hybridized carbons (Fsp3) is 0.333. The first-order valence-electron chi connectivity index (χ1n) is 6.13. The van der Waals surface area contributed by atoms with E-state index in [9.17, 15) is 0 Å². The lowest BCUT2D eigenvalue weighted by atomic mass is 9.97. The Hall–Kier alpha value is -0.390. The molecule has 0 spiro atoms. The van der Waals surface area contributed by atoms with E-state index in [0.717, 1.165) is 0 Å². The van der Waals surface area contributed by atoms with Gasteiger partial charge in [-0.3, -0.25) is 0 Å². The molecule has 0 radical (unpaired) electrons. The van der Waals surface area contributed by atoms with Crippen molar-refractivity contribution in [2.24, 2.45) is 0 Å². The zero-order valence-electron chi connectivity index (χ0n) is 10.9. The van der Waals surface area contributed by atoms with Crippen molar-refractivity contribution in [3.8, 4) is 0 Å². The van der Waals surface area contributed by atoms with E-state index in [-0.39, 0.29) is 0 Å². The van der Waals surface area contributed by atoms with Crippen LogP contribution in [0.4, 0.5) is 0 Å². The van der Waals surface area contributed by atoms with E-state index in [1.165, 1.54) is 19.6 Å². The van der Waals surface area contributed by atoms with Gasteiger partial charge in [0.1, 0.15) is 0 Å². The molecule has 1 aromatic heterocycles. The molecule has 96 valence electrons. The third-order valence-corrected chi connectivity index (χ3v) is 4.95. The molecule has 0 aliphatic rings. The summed E-state index contributed by atoms with van der Waals surface area (Å²) >= 11 is 4.17. The van der Waals surface area contributed by atoms with Crippen LogP contribution in [0.2, 0.25) is 0 Å². The third kappa shape index (κ3) is 3.13. The molecule has 1 aromatic carbocycles. The Morgan fingerprint density at radius 3 is 2.11 bits per heavy atom. The predicted octanol–water partition coefficient (Wildman–Crippen LogP) is 4.78. The topological polar surface area (TPSA) is 12.0 Å². The largest absolute Gasteiger partial charge is 0.309 e. The molecule has 0 saturated heterocycles. The molecule has 1 N–H and O–H groups in total. The van der Waals surface area contributed by atoms with Crippen LogP contribution in [0.15, 0.2) is 35.7 Å². The van der Waals surface area contributed by atoms with Crippen molar-refractivity contribution >= 4 is 33.9 Å². The number of rotatable bonds is 4. The van der Waals surface area contributed by atoms with Crippen molar-refractivity contribution in [1.29, 1.82) is 0 Å². The van der Waals surface area contributed by atoms with Crippen LogP contribution in [0, 0.1) is 2.88 Å². The smallest absolute Gasteiger partial charge is 0.0656 e. The molecule has 1 atom stereocenters. The van der Waals surface area contributed by atoms with Crippen LogP contribution in [-0.2, 0) is 0 Å². The molecule has 2 aromatic rings. The second-order valence-electron chi connectivity index (χ2n) is 4.73. The number of hydrogen-bond acceptors (Lipinski definition) is 2. The summed E-state index contributed by atoms with van der Waals surface area (Å²) in [4.78, 5) is 0. The van der Waals surface area contributed by atoms with E-state index >= 15 is 0 Å². The van der Waals surface area contributed by atoms with Gasteiger partial charge in [-0.1, -0.05) is 38.1 Å². The highest BCUT2D eigenvalue weighted by molar-refractivity contribution is 14.1. The summed E-state index contributed by atoms with van der Waals surface area (Å²) in [6.45, 7) is 4.46. The third-order valence-electron chi connectivity index (χ3n) is 3.15. The maximum Gasteiger partial charge on any atom is 0.0656 e. The zero-order valence-corrected chi connectivity index (χ0v) is 13.9. The van der Waals surface area contributed by atoms with Gasteiger partial charge in [0, 0.05) is 0 Å². The van der Waals surface area contributed by atoms with Gasteiger partial charge in [0.25, 0.3) is 0 Å². The van der Waals surface area contributed by atoms with Crippen molar-refractivity contribution < 1.29 is 0 Å². The van der Waals surface area contributed by atoms with Crippen LogP contribution in [0.5, 0.6) is 0 Å². The van der Waals surface area contributed by atoms with Crippen molar-refractivity contribution in [2.75, 3.05) is 7.05 Å². The zero-order chi connectivity index (χ0) is 13.1. The van der Waals surface area contributed by atoms with Crippen LogP contribution >= 0.6 is 33.9 Å². The quantitative estimate of drug-likeness (QED) is 0.763. The molecule has 3 heteroatoms. The van der Waals surface area contributed by atoms with E-state index in [1.807, 2.05) is 7.05 Å². The number of thiophene rings is 1. The van der Waals surface area contributed by atoms with Crippen molar-refractivity contribution in [3.63, 3.8) is 0 Å². The van der Waals surface area contributed by atoms with Crippen molar-refractivity contribution in [3.05, 3.63) is 55.3 Å². The second kappa shape index (κ2) is 6.17. The Bertz CT molecular complexity index is 501. The van der Waals surface area contributed by atoms with Crippen LogP contribution in [-0.4, -0.2) is 7.05 Å². The number of hydrogen-bond donors (Lipinski definition) is 1. The summed E-state index contributed by atoms with van der Waals surface area (Å²) in [7, 11) is 2.02. The molecule has 0 bridgehead atoms. The van der Waals surface area contributed by atoms with Crippen LogP contribution in [0.25, 0.3) is 0 Å². The number of benzene rings is 1. The molecule has 0 fully saturated rings. The van der Waals surface area contributed by atoms with Gasteiger partial charge >= 0.3 is 0 Å². The van der Waals surface area contributed by atoms with E-state index in [2.05, 4.69) is 77.5 Å². The number of nitrogens with one attached hydrogen (secondary N) is 1. The lowest BCUT2D eigenvalue weighted by Gasteiger charge is -2.16. The van der Waals surface area contributed by atoms with Gasteiger partial charge in [0.05, 0.1) is 8.93 Å². The molecule has 0 amide bonds. The van der Waals surface area contributed by atoms with Gasteiger partial charge < -0.3 is 5.32 Å². The van der Waals surface area contributed by atoms with Gasteiger partial charge in [0.2, 0.25) is 0 Å². The SMILES string of the molecule is CNC(c1ccc(C(C)C)cc1)c1csc(I)c1. The highest BCUT2D eigenvalue weighted by Crippen LogP contribution is 2.28. The molecular formula is C15H18INS. The molecular weight excluding hydrogens is 353 g/mol. The Morgan fingerprint density at radius 1 is 1.06 bits per heavy atom. The average Bonchev–Trinajstić information content (AvgIpc) is 2.77. The normalized spacial score (nSPS) is 12.9. The lowest BCUT2D eigenvalue weighted by Crippen LogP contribution is -2.16. The molecule has 1 nitrogen and oxygen atoms in total. The summed E-state index contributed by atoms with van der Waals surface area (Å²) in [6, 6.07) is 11.5. The maximum absolute atomic E-state index is 3.40. The summed E-state index contributed by atoms with van der Waals surface area (Å²) in [6.07, 6.45) is 0. The van der Waals surface area contributed by atoms with E-state index in [0.29, 0.717) is 12.0 Å². The fourth-order valence-corrected chi connectivity index (χ4v) is 3.47. The molecule has 0 aliphatic carbocycles. The Balaban J connectivity index is 2.28. The minimum absolute atomic E-state index is 0.297. The minimum Gasteiger partial charge on any atom is -0.309 e. The molecule has 2 rings (SSSR count). The van der Waals surface area contributed by atoms with Gasteiger partial charge in [-0.2, -0.15) is 0 Å². The van der Waals surface area contributed by atoms with Gasteiger partial charge in [-0.05, 0) is 63.7 Å². The maximum atomic E-state index is 3.40. The number of halogens is 1. The van der Waals surface area contributed by atoms with Crippen molar-refractivity contribution in [1.82, 2.24) is 5.32 Å². The highest BCUT2D eigenvalue weighted by atomic mass is 127. The van der Waals surface area contributed by atoms with E-state index in [1.54, 1.807) is 11.3 Å². The molecule has 1 unspecified atom stereocenters. The van der Waals surface area contributed by atoms with Gasteiger partial charge in [0.15, 0.2) is 0 Å². The average molecular weight is 371 g/mol. The molecule has 0 aliphatic heterocycles. The molecule has 0 saturated carbocycles. The summed E-state index contributed by atoms with van der Waals surface area (Å²) in [5.74, 6) is 0.592. The van der Waals surface area contributed by atoms with E-state index in [4.69, 9.17) is 0 Å². The summed E-state index contributed by atoms with van der Waals surface area (Å²) < 4.78 is 1.33. The lowest BCUT2D eigenvalue weighted by molar-refractivity contribution is 0.693. The van der Waals surface area contributed by atoms with Crippen molar-refractivity contribution in [2.45, 2.75) is 25.8 Å². The first-order chi connectivity index (χ1) is 8.61. The minimum atomic E-state index is 0.297. The molecule has 18 heavy (non-hydrogen) atoms. The Labute approximate surface area is 127 Å². The van der Waals surface area contributed by atoms with E-state index < -0.39 is 0 Å². The second-order valence-corrected chi connectivity index (χ2v) is 7.53. The predicted molar refractivity (Wildman–Crippen MR) is 88.5 cm³/mol. The first-order valence-corrected chi connectivity index (χ1v) is 8.08. The van der Waals surface area contributed by atoms with Crippen LogP contribution in [0.3, 0.4) is 0 Å². The van der Waals surface area contributed by atoms with Crippen LogP contribution < -0.4 is 5.32 Å². The molecule has 1 heterocycles.